The van der Waals surface area contributed by atoms with Crippen LogP contribution < -0.4 is 32.0 Å². The summed E-state index contributed by atoms with van der Waals surface area (Å²) < 4.78 is 129. The monoisotopic (exact) mass is 994 g/mol. The van der Waals surface area contributed by atoms with Gasteiger partial charge in [0.2, 0.25) is 5.60 Å². The van der Waals surface area contributed by atoms with Gasteiger partial charge in [0.1, 0.15) is 28.8 Å². The fraction of sp³-hybridized carbons (Fsp3) is 0.300. The van der Waals surface area contributed by atoms with E-state index in [4.69, 9.17) is 47.0 Å². The summed E-state index contributed by atoms with van der Waals surface area (Å²) in [4.78, 5) is 82.5. The molecule has 27 heteroatoms. The molecule has 1 unspecified atom stereocenters. The maximum Gasteiger partial charge on any atom is 0.431 e. The average molecular weight is 996 g/mol. The van der Waals surface area contributed by atoms with Gasteiger partial charge in [-0.05, 0) is 51.1 Å². The van der Waals surface area contributed by atoms with Crippen LogP contribution in [0, 0.1) is 11.6 Å². The second-order valence-electron chi connectivity index (χ2n) is 13.9. The number of halogens is 10. The highest BCUT2D eigenvalue weighted by atomic mass is 35.5. The summed E-state index contributed by atoms with van der Waals surface area (Å²) in [6.07, 6.45) is -8.75. The number of esters is 2. The Morgan fingerprint density at radius 3 is 1.82 bits per heavy atom. The maximum atomic E-state index is 14.7. The lowest BCUT2D eigenvalue weighted by Gasteiger charge is -2.18. The number of ether oxygens (including phenoxy) is 4. The van der Waals surface area contributed by atoms with E-state index in [0.717, 1.165) is 32.3 Å². The predicted molar refractivity (Wildman–Crippen MR) is 218 cm³/mol. The van der Waals surface area contributed by atoms with Crippen molar-refractivity contribution in [2.24, 2.45) is 19.3 Å². The number of aromatic nitrogens is 5. The van der Waals surface area contributed by atoms with E-state index in [2.05, 4.69) is 10.1 Å². The second kappa shape index (κ2) is 19.8. The van der Waals surface area contributed by atoms with Crippen LogP contribution in [0.15, 0.2) is 79.1 Å². The number of pyridine rings is 1. The van der Waals surface area contributed by atoms with E-state index in [1.807, 2.05) is 0 Å². The highest BCUT2D eigenvalue weighted by molar-refractivity contribution is 6.34. The summed E-state index contributed by atoms with van der Waals surface area (Å²) in [5.74, 6) is -4.22. The Labute approximate surface area is 379 Å². The quantitative estimate of drug-likeness (QED) is 0.107. The topological polar surface area (TPSA) is 194 Å². The van der Waals surface area contributed by atoms with Crippen LogP contribution in [0.4, 0.5) is 35.1 Å². The van der Waals surface area contributed by atoms with E-state index < -0.39 is 93.4 Å². The van der Waals surface area contributed by atoms with Crippen LogP contribution in [0.2, 0.25) is 10.0 Å². The first kappa shape index (κ1) is 51.0. The Morgan fingerprint density at radius 2 is 1.30 bits per heavy atom. The Kier molecular flexibility index (Phi) is 15.1. The minimum Gasteiger partial charge on any atom is -0.463 e. The number of carbonyl (C=O) groups is 2. The van der Waals surface area contributed by atoms with Crippen molar-refractivity contribution < 1.29 is 68.5 Å². The molecular weight excluding hydrogens is 963 g/mol. The van der Waals surface area contributed by atoms with Gasteiger partial charge in [-0.2, -0.15) is 26.3 Å². The summed E-state index contributed by atoms with van der Waals surface area (Å²) >= 11 is 12.1. The van der Waals surface area contributed by atoms with Gasteiger partial charge >= 0.3 is 35.7 Å². The molecule has 0 N–H and O–H groups in total. The molecule has 0 aliphatic carbocycles. The van der Waals surface area contributed by atoms with Gasteiger partial charge in [-0.15, -0.1) is 0 Å². The van der Waals surface area contributed by atoms with E-state index in [1.54, 1.807) is 13.8 Å². The summed E-state index contributed by atoms with van der Waals surface area (Å²) in [5, 5.41) is 3.30. The molecule has 1 atom stereocenters. The van der Waals surface area contributed by atoms with Crippen molar-refractivity contribution in [3.63, 3.8) is 0 Å². The van der Waals surface area contributed by atoms with Crippen LogP contribution in [0.1, 0.15) is 44.1 Å². The van der Waals surface area contributed by atoms with E-state index >= 15 is 0 Å². The van der Waals surface area contributed by atoms with Crippen molar-refractivity contribution in [3.8, 4) is 28.8 Å². The third kappa shape index (κ3) is 11.0. The molecule has 0 saturated carbocycles. The Morgan fingerprint density at radius 1 is 0.776 bits per heavy atom. The molecular formula is C40H32Cl2F8N6O11. The van der Waals surface area contributed by atoms with Gasteiger partial charge in [0.15, 0.2) is 12.4 Å². The van der Waals surface area contributed by atoms with Crippen molar-refractivity contribution in [1.29, 1.82) is 0 Å². The van der Waals surface area contributed by atoms with Crippen molar-refractivity contribution in [3.05, 3.63) is 135 Å². The molecule has 0 saturated heterocycles. The van der Waals surface area contributed by atoms with Gasteiger partial charge in [0, 0.05) is 50.5 Å². The molecule has 1 aliphatic heterocycles. The van der Waals surface area contributed by atoms with Gasteiger partial charge in [-0.1, -0.05) is 28.4 Å². The Hall–Kier alpha value is -7.02. The van der Waals surface area contributed by atoms with E-state index in [0.29, 0.717) is 6.07 Å². The standard InChI is InChI=1S/C21H16ClF4N3O6.C19H16ClF4N3O5/c1-3-33-18(31)10-34-19-14(5-4-6-27-19)35-15-8-13(12(23)7-11(15)22)29-17(30)9-16(21(24,25)26)28(2)20(29)32;1-4-31-16(29)18(2)8-12(25-32-18)9-5-13(11(21)6-10(9)20)27-15(28)7-14(19(22,23)24)26(3)17(27)30/h4-9H,3,10H2,1-2H3;5-7H,4,8H2,1-3H3. The summed E-state index contributed by atoms with van der Waals surface area (Å²) in [6, 6.07) is 6.49. The molecule has 4 heterocycles. The van der Waals surface area contributed by atoms with Crippen LogP contribution in [0.3, 0.4) is 0 Å². The highest BCUT2D eigenvalue weighted by Gasteiger charge is 2.44. The Balaban J connectivity index is 0.000000252. The number of hydrogen-bond acceptors (Lipinski definition) is 13. The molecule has 0 amide bonds. The van der Waals surface area contributed by atoms with Gasteiger partial charge in [0.05, 0.1) is 40.3 Å². The third-order valence-electron chi connectivity index (χ3n) is 9.21. The van der Waals surface area contributed by atoms with Gasteiger partial charge in [-0.3, -0.25) is 18.7 Å². The molecule has 0 radical (unpaired) electrons. The molecule has 17 nitrogen and oxygen atoms in total. The molecule has 358 valence electrons. The first-order valence-electron chi connectivity index (χ1n) is 18.9. The van der Waals surface area contributed by atoms with Crippen LogP contribution in [-0.2, 0) is 50.3 Å². The van der Waals surface area contributed by atoms with Crippen LogP contribution in [-0.4, -0.2) is 66.3 Å². The number of oxime groups is 1. The molecule has 5 aromatic rings. The van der Waals surface area contributed by atoms with E-state index in [9.17, 15) is 63.9 Å². The molecule has 0 bridgehead atoms. The number of benzene rings is 2. The number of hydrogen-bond donors (Lipinski definition) is 0. The molecule has 0 spiro atoms. The Bertz CT molecular complexity index is 3040. The number of nitrogens with zero attached hydrogens (tertiary/aromatic N) is 6. The maximum absolute atomic E-state index is 14.7. The lowest BCUT2D eigenvalue weighted by atomic mass is 9.95. The second-order valence-corrected chi connectivity index (χ2v) is 14.7. The zero-order valence-corrected chi connectivity index (χ0v) is 36.5. The first-order chi connectivity index (χ1) is 31.2. The molecule has 3 aromatic heterocycles. The van der Waals surface area contributed by atoms with Crippen molar-refractivity contribution in [2.75, 3.05) is 19.8 Å². The summed E-state index contributed by atoms with van der Waals surface area (Å²) in [7, 11) is 1.59. The average Bonchev–Trinajstić information content (AvgIpc) is 3.64. The molecule has 1 aliphatic rings. The van der Waals surface area contributed by atoms with E-state index in [-0.39, 0.29) is 88.7 Å². The van der Waals surface area contributed by atoms with Crippen LogP contribution in [0.5, 0.6) is 17.4 Å². The zero-order valence-electron chi connectivity index (χ0n) is 35.0. The third-order valence-corrected chi connectivity index (χ3v) is 9.82. The van der Waals surface area contributed by atoms with E-state index in [1.165, 1.54) is 25.3 Å². The number of carbonyl (C=O) groups excluding carboxylic acids is 2. The van der Waals surface area contributed by atoms with Gasteiger partial charge < -0.3 is 23.8 Å². The van der Waals surface area contributed by atoms with Crippen LogP contribution >= 0.6 is 23.2 Å². The smallest absolute Gasteiger partial charge is 0.431 e. The van der Waals surface area contributed by atoms with Gasteiger partial charge in [0.25, 0.3) is 17.0 Å². The fourth-order valence-corrected chi connectivity index (χ4v) is 6.47. The molecule has 2 aromatic carbocycles. The lowest BCUT2D eigenvalue weighted by molar-refractivity contribution is -0.166. The minimum absolute atomic E-state index is 0.0185. The minimum atomic E-state index is -4.99. The van der Waals surface area contributed by atoms with Crippen molar-refractivity contribution in [2.45, 2.75) is 45.1 Å². The van der Waals surface area contributed by atoms with Crippen molar-refractivity contribution in [1.82, 2.24) is 23.3 Å². The zero-order chi connectivity index (χ0) is 49.9. The van der Waals surface area contributed by atoms with Gasteiger partial charge in [-0.25, -0.2) is 42.1 Å². The normalized spacial score (nSPS) is 14.6. The largest absolute Gasteiger partial charge is 0.463 e. The number of alkyl halides is 6. The molecule has 0 fully saturated rings. The SMILES string of the molecule is CCOC(=O)C1(C)CC(c2cc(-n3c(=O)cc(C(F)(F)F)n(C)c3=O)c(F)cc2Cl)=NO1.CCOC(=O)COc1ncccc1Oc1cc(-n2c(=O)cc(C(F)(F)F)n(C)c2=O)c(F)cc1Cl. The van der Waals surface area contributed by atoms with Crippen molar-refractivity contribution >= 4 is 40.9 Å². The summed E-state index contributed by atoms with van der Waals surface area (Å²) in [6.45, 7) is 4.34. The van der Waals surface area contributed by atoms with Crippen LogP contribution in [0.25, 0.3) is 11.4 Å². The molecule has 6 rings (SSSR count). The molecule has 67 heavy (non-hydrogen) atoms. The summed E-state index contributed by atoms with van der Waals surface area (Å²) in [5.41, 5.74) is -11.4. The lowest BCUT2D eigenvalue weighted by Crippen LogP contribution is -2.41. The first-order valence-corrected chi connectivity index (χ1v) is 19.6. The fourth-order valence-electron chi connectivity index (χ4n) is 6.02. The number of rotatable bonds is 11. The highest BCUT2D eigenvalue weighted by Crippen LogP contribution is 2.37. The predicted octanol–water partition coefficient (Wildman–Crippen LogP) is 6.27.